The third-order valence-corrected chi connectivity index (χ3v) is 4.20. The summed E-state index contributed by atoms with van der Waals surface area (Å²) in [6.07, 6.45) is 2.10. The number of carboxylic acids is 1. The Morgan fingerprint density at radius 2 is 1.79 bits per heavy atom. The molecule has 1 aromatic rings. The molecule has 1 saturated heterocycles. The van der Waals surface area contributed by atoms with Crippen LogP contribution in [0.25, 0.3) is 0 Å². The van der Waals surface area contributed by atoms with E-state index >= 15 is 0 Å². The van der Waals surface area contributed by atoms with Gasteiger partial charge in [-0.3, -0.25) is 9.69 Å². The smallest absolute Gasteiger partial charge is 0.325 e. The van der Waals surface area contributed by atoms with E-state index in [1.165, 1.54) is 0 Å². The molecular formula is C18H27N3O3. The number of likely N-dealkylation sites (N-methyl/N-ethyl adjacent to an activating group) is 1. The van der Waals surface area contributed by atoms with Crippen LogP contribution in [0.2, 0.25) is 0 Å². The van der Waals surface area contributed by atoms with Crippen LogP contribution in [-0.4, -0.2) is 53.6 Å². The van der Waals surface area contributed by atoms with Gasteiger partial charge in [-0.05, 0) is 43.5 Å². The molecule has 1 aliphatic rings. The van der Waals surface area contributed by atoms with E-state index in [2.05, 4.69) is 19.2 Å². The molecule has 1 atom stereocenters. The van der Waals surface area contributed by atoms with Crippen molar-refractivity contribution in [2.24, 2.45) is 5.92 Å². The Balaban J connectivity index is 2.05. The van der Waals surface area contributed by atoms with Gasteiger partial charge < -0.3 is 15.3 Å². The first-order chi connectivity index (χ1) is 11.4. The minimum Gasteiger partial charge on any atom is -0.480 e. The number of benzene rings is 1. The fraction of sp³-hybridized carbons (Fsp3) is 0.556. The molecule has 0 bridgehead atoms. The first-order valence-electron chi connectivity index (χ1n) is 8.47. The number of carbonyl (C=O) groups is 2. The number of carbonyl (C=O) groups excluding carboxylic acids is 1. The molecule has 1 aromatic carbocycles. The zero-order valence-corrected chi connectivity index (χ0v) is 14.7. The maximum absolute atomic E-state index is 12.1. The SMILES string of the molecule is CC(C)CN(C)C(C(=O)O)c1ccc(NC(=O)N2CCCC2)cc1. The van der Waals surface area contributed by atoms with E-state index in [-0.39, 0.29) is 6.03 Å². The number of aliphatic carboxylic acids is 1. The number of hydrogen-bond acceptors (Lipinski definition) is 3. The lowest BCUT2D eigenvalue weighted by atomic mass is 10.0. The maximum Gasteiger partial charge on any atom is 0.325 e. The predicted octanol–water partition coefficient (Wildman–Crippen LogP) is 3.03. The van der Waals surface area contributed by atoms with E-state index in [0.29, 0.717) is 23.7 Å². The van der Waals surface area contributed by atoms with Gasteiger partial charge in [-0.2, -0.15) is 0 Å². The second kappa shape index (κ2) is 8.15. The van der Waals surface area contributed by atoms with Crippen molar-refractivity contribution in [1.29, 1.82) is 0 Å². The van der Waals surface area contributed by atoms with Gasteiger partial charge in [-0.1, -0.05) is 26.0 Å². The highest BCUT2D eigenvalue weighted by Crippen LogP contribution is 2.23. The number of amides is 2. The summed E-state index contributed by atoms with van der Waals surface area (Å²) >= 11 is 0. The van der Waals surface area contributed by atoms with Crippen LogP contribution < -0.4 is 5.32 Å². The molecule has 132 valence electrons. The van der Waals surface area contributed by atoms with Gasteiger partial charge in [0.2, 0.25) is 0 Å². The number of rotatable bonds is 6. The summed E-state index contributed by atoms with van der Waals surface area (Å²) < 4.78 is 0. The summed E-state index contributed by atoms with van der Waals surface area (Å²) in [5.74, 6) is -0.483. The zero-order valence-electron chi connectivity index (χ0n) is 14.7. The minimum absolute atomic E-state index is 0.0908. The lowest BCUT2D eigenvalue weighted by Crippen LogP contribution is -2.33. The third kappa shape index (κ3) is 4.71. The van der Waals surface area contributed by atoms with Crippen molar-refractivity contribution in [3.05, 3.63) is 29.8 Å². The quantitative estimate of drug-likeness (QED) is 0.839. The van der Waals surface area contributed by atoms with E-state index in [0.717, 1.165) is 25.9 Å². The van der Waals surface area contributed by atoms with Crippen LogP contribution in [0.4, 0.5) is 10.5 Å². The Kier molecular flexibility index (Phi) is 6.20. The summed E-state index contributed by atoms with van der Waals surface area (Å²) in [7, 11) is 1.82. The fourth-order valence-electron chi connectivity index (χ4n) is 3.14. The molecule has 2 N–H and O–H groups in total. The topological polar surface area (TPSA) is 72.9 Å². The first kappa shape index (κ1) is 18.3. The van der Waals surface area contributed by atoms with Gasteiger partial charge >= 0.3 is 12.0 Å². The van der Waals surface area contributed by atoms with E-state index in [4.69, 9.17) is 0 Å². The Morgan fingerprint density at radius 3 is 2.29 bits per heavy atom. The van der Waals surface area contributed by atoms with Crippen molar-refractivity contribution in [3.8, 4) is 0 Å². The van der Waals surface area contributed by atoms with Crippen LogP contribution in [0, 0.1) is 5.92 Å². The molecule has 0 aromatic heterocycles. The maximum atomic E-state index is 12.1. The molecule has 0 radical (unpaired) electrons. The monoisotopic (exact) mass is 333 g/mol. The molecule has 0 saturated carbocycles. The summed E-state index contributed by atoms with van der Waals surface area (Å²) in [6.45, 7) is 6.42. The van der Waals surface area contributed by atoms with Crippen LogP contribution in [0.3, 0.4) is 0 Å². The van der Waals surface area contributed by atoms with E-state index in [9.17, 15) is 14.7 Å². The number of nitrogens with one attached hydrogen (secondary N) is 1. The Labute approximate surface area is 143 Å². The average Bonchev–Trinajstić information content (AvgIpc) is 3.02. The summed E-state index contributed by atoms with van der Waals surface area (Å²) in [5, 5.41) is 12.4. The van der Waals surface area contributed by atoms with Crippen LogP contribution in [0.1, 0.15) is 38.3 Å². The molecule has 6 heteroatoms. The van der Waals surface area contributed by atoms with E-state index < -0.39 is 12.0 Å². The van der Waals surface area contributed by atoms with Crippen molar-refractivity contribution in [2.45, 2.75) is 32.7 Å². The highest BCUT2D eigenvalue weighted by molar-refractivity contribution is 5.89. The summed E-state index contributed by atoms with van der Waals surface area (Å²) in [5.41, 5.74) is 1.40. The van der Waals surface area contributed by atoms with Gasteiger partial charge in [0.05, 0.1) is 0 Å². The standard InChI is InChI=1S/C18H27N3O3/c1-13(2)12-20(3)16(17(22)23)14-6-8-15(9-7-14)19-18(24)21-10-4-5-11-21/h6-9,13,16H,4-5,10-12H2,1-3H3,(H,19,24)(H,22,23). The van der Waals surface area contributed by atoms with Gasteiger partial charge in [0.1, 0.15) is 6.04 Å². The third-order valence-electron chi connectivity index (χ3n) is 4.20. The highest BCUT2D eigenvalue weighted by Gasteiger charge is 2.25. The van der Waals surface area contributed by atoms with Gasteiger partial charge in [-0.25, -0.2) is 4.79 Å². The number of anilines is 1. The van der Waals surface area contributed by atoms with Crippen molar-refractivity contribution < 1.29 is 14.7 Å². The molecule has 0 spiro atoms. The fourth-order valence-corrected chi connectivity index (χ4v) is 3.14. The second-order valence-corrected chi connectivity index (χ2v) is 6.82. The molecule has 1 unspecified atom stereocenters. The molecule has 1 fully saturated rings. The molecule has 6 nitrogen and oxygen atoms in total. The number of likely N-dealkylation sites (tertiary alicyclic amines) is 1. The lowest BCUT2D eigenvalue weighted by Gasteiger charge is -2.26. The molecular weight excluding hydrogens is 306 g/mol. The van der Waals surface area contributed by atoms with Crippen LogP contribution in [-0.2, 0) is 4.79 Å². The molecule has 24 heavy (non-hydrogen) atoms. The molecule has 0 aliphatic carbocycles. The Morgan fingerprint density at radius 1 is 1.21 bits per heavy atom. The zero-order chi connectivity index (χ0) is 17.7. The van der Waals surface area contributed by atoms with Gasteiger partial charge in [0, 0.05) is 25.3 Å². The largest absolute Gasteiger partial charge is 0.480 e. The number of hydrogen-bond donors (Lipinski definition) is 2. The Bertz CT molecular complexity index is 565. The predicted molar refractivity (Wildman–Crippen MR) is 94.1 cm³/mol. The molecule has 2 rings (SSSR count). The molecule has 2 amide bonds. The van der Waals surface area contributed by atoms with Gasteiger partial charge in [-0.15, -0.1) is 0 Å². The van der Waals surface area contributed by atoms with E-state index in [1.54, 1.807) is 29.2 Å². The summed E-state index contributed by atoms with van der Waals surface area (Å²) in [4.78, 5) is 27.4. The Hall–Kier alpha value is -2.08. The van der Waals surface area contributed by atoms with Crippen LogP contribution in [0.5, 0.6) is 0 Å². The van der Waals surface area contributed by atoms with Crippen molar-refractivity contribution in [2.75, 3.05) is 32.0 Å². The van der Waals surface area contributed by atoms with Crippen LogP contribution in [0.15, 0.2) is 24.3 Å². The lowest BCUT2D eigenvalue weighted by molar-refractivity contribution is -0.143. The first-order valence-corrected chi connectivity index (χ1v) is 8.47. The highest BCUT2D eigenvalue weighted by atomic mass is 16.4. The van der Waals surface area contributed by atoms with E-state index in [1.807, 2.05) is 11.9 Å². The average molecular weight is 333 g/mol. The molecule has 1 heterocycles. The number of carboxylic acid groups (broad SMARTS) is 1. The number of nitrogens with zero attached hydrogens (tertiary/aromatic N) is 2. The van der Waals surface area contributed by atoms with Crippen molar-refractivity contribution in [1.82, 2.24) is 9.80 Å². The van der Waals surface area contributed by atoms with Crippen molar-refractivity contribution in [3.63, 3.8) is 0 Å². The second-order valence-electron chi connectivity index (χ2n) is 6.82. The summed E-state index contributed by atoms with van der Waals surface area (Å²) in [6, 6.07) is 6.30. The van der Waals surface area contributed by atoms with Gasteiger partial charge in [0.25, 0.3) is 0 Å². The molecule has 1 aliphatic heterocycles. The normalized spacial score (nSPS) is 15.8. The van der Waals surface area contributed by atoms with Crippen molar-refractivity contribution >= 4 is 17.7 Å². The number of urea groups is 1. The minimum atomic E-state index is -0.869. The van der Waals surface area contributed by atoms with Crippen LogP contribution >= 0.6 is 0 Å². The van der Waals surface area contributed by atoms with Gasteiger partial charge in [0.15, 0.2) is 0 Å².